The monoisotopic (exact) mass is 294 g/mol. The molecule has 0 aliphatic carbocycles. The number of anilines is 1. The van der Waals surface area contributed by atoms with Crippen molar-refractivity contribution in [3.05, 3.63) is 24.3 Å². The minimum Gasteiger partial charge on any atom is -0.500 e. The van der Waals surface area contributed by atoms with Crippen LogP contribution < -0.4 is 5.32 Å². The summed E-state index contributed by atoms with van der Waals surface area (Å²) in [5.41, 5.74) is 0.907. The summed E-state index contributed by atoms with van der Waals surface area (Å²) in [5.74, 6) is 0.0762. The number of aliphatic hydroxyl groups is 1. The van der Waals surface area contributed by atoms with Crippen molar-refractivity contribution in [1.29, 1.82) is 0 Å². The molecule has 1 heterocycles. The number of carbonyl (C=O) groups is 1. The SMILES string of the molecule is CC(=O)CC[C@H](Nc1nc2ccccc2s1)C(O)=S. The summed E-state index contributed by atoms with van der Waals surface area (Å²) in [6.07, 6.45) is 0.851. The number of aromatic nitrogens is 1. The summed E-state index contributed by atoms with van der Waals surface area (Å²) in [4.78, 5) is 15.4. The van der Waals surface area contributed by atoms with Crippen LogP contribution in [0, 0.1) is 0 Å². The molecule has 1 aromatic carbocycles. The number of benzene rings is 1. The number of Topliss-reactive ketones (excluding diaryl/α,β-unsaturated/α-hetero) is 1. The zero-order valence-electron chi connectivity index (χ0n) is 10.4. The van der Waals surface area contributed by atoms with Crippen LogP contribution in [0.4, 0.5) is 5.13 Å². The lowest BCUT2D eigenvalue weighted by Gasteiger charge is -2.14. The van der Waals surface area contributed by atoms with Gasteiger partial charge in [0, 0.05) is 6.42 Å². The highest BCUT2D eigenvalue weighted by molar-refractivity contribution is 7.80. The van der Waals surface area contributed by atoms with Gasteiger partial charge in [-0.05, 0) is 37.7 Å². The first-order valence-corrected chi connectivity index (χ1v) is 7.13. The molecule has 19 heavy (non-hydrogen) atoms. The molecule has 0 amide bonds. The second-order valence-electron chi connectivity index (χ2n) is 4.26. The van der Waals surface area contributed by atoms with Gasteiger partial charge in [0.05, 0.1) is 16.3 Å². The fraction of sp³-hybridized carbons (Fsp3) is 0.308. The molecule has 6 heteroatoms. The van der Waals surface area contributed by atoms with Crippen LogP contribution in [-0.2, 0) is 4.79 Å². The molecule has 100 valence electrons. The number of ketones is 1. The number of thiocarbonyl (C=S) groups is 1. The molecule has 0 bridgehead atoms. The molecule has 1 aromatic heterocycles. The number of nitrogens with zero attached hydrogens (tertiary/aromatic N) is 1. The Kier molecular flexibility index (Phi) is 4.44. The van der Waals surface area contributed by atoms with Crippen molar-refractivity contribution in [2.24, 2.45) is 0 Å². The van der Waals surface area contributed by atoms with E-state index in [1.54, 1.807) is 0 Å². The number of para-hydroxylation sites is 1. The highest BCUT2D eigenvalue weighted by atomic mass is 32.1. The lowest BCUT2D eigenvalue weighted by Crippen LogP contribution is -2.28. The van der Waals surface area contributed by atoms with Crippen molar-refractivity contribution >= 4 is 49.7 Å². The molecule has 0 radical (unpaired) electrons. The molecule has 0 saturated heterocycles. The Labute approximate surface area is 120 Å². The van der Waals surface area contributed by atoms with Gasteiger partial charge in [-0.3, -0.25) is 0 Å². The van der Waals surface area contributed by atoms with Crippen LogP contribution in [0.15, 0.2) is 24.3 Å². The summed E-state index contributed by atoms with van der Waals surface area (Å²) >= 11 is 6.31. The molecule has 0 saturated carbocycles. The average Bonchev–Trinajstić information content (AvgIpc) is 2.76. The number of hydrogen-bond donors (Lipinski definition) is 2. The van der Waals surface area contributed by atoms with Crippen LogP contribution in [-0.4, -0.2) is 27.0 Å². The fourth-order valence-corrected chi connectivity index (χ4v) is 2.78. The Hall–Kier alpha value is -1.53. The summed E-state index contributed by atoms with van der Waals surface area (Å²) in [6.45, 7) is 1.52. The summed E-state index contributed by atoms with van der Waals surface area (Å²) in [6, 6.07) is 7.38. The van der Waals surface area contributed by atoms with Crippen molar-refractivity contribution < 1.29 is 9.90 Å². The zero-order chi connectivity index (χ0) is 13.8. The molecule has 1 atom stereocenters. The van der Waals surface area contributed by atoms with Crippen molar-refractivity contribution in [2.45, 2.75) is 25.8 Å². The van der Waals surface area contributed by atoms with Crippen LogP contribution in [0.3, 0.4) is 0 Å². The molecule has 0 aliphatic heterocycles. The second-order valence-corrected chi connectivity index (χ2v) is 5.71. The number of nitrogens with one attached hydrogen (secondary N) is 1. The van der Waals surface area contributed by atoms with Gasteiger partial charge in [0.25, 0.3) is 0 Å². The van der Waals surface area contributed by atoms with Crippen molar-refractivity contribution in [3.63, 3.8) is 0 Å². The maximum atomic E-state index is 11.0. The molecule has 2 rings (SSSR count). The molecule has 0 fully saturated rings. The van der Waals surface area contributed by atoms with Gasteiger partial charge < -0.3 is 15.2 Å². The molecule has 0 aliphatic rings. The number of hydrogen-bond acceptors (Lipinski definition) is 5. The maximum Gasteiger partial charge on any atom is 0.184 e. The van der Waals surface area contributed by atoms with Crippen molar-refractivity contribution in [1.82, 2.24) is 4.98 Å². The lowest BCUT2D eigenvalue weighted by molar-refractivity contribution is -0.117. The predicted molar refractivity (Wildman–Crippen MR) is 82.2 cm³/mol. The number of fused-ring (bicyclic) bond motifs is 1. The van der Waals surface area contributed by atoms with E-state index in [2.05, 4.69) is 10.3 Å². The summed E-state index contributed by atoms with van der Waals surface area (Å²) in [7, 11) is 0. The number of aliphatic hydroxyl groups excluding tert-OH is 1. The third-order valence-corrected chi connectivity index (χ3v) is 3.93. The zero-order valence-corrected chi connectivity index (χ0v) is 12.1. The Balaban J connectivity index is 2.11. The first-order chi connectivity index (χ1) is 9.06. The molecule has 2 N–H and O–H groups in total. The number of rotatable bonds is 6. The normalized spacial score (nSPS) is 12.3. The van der Waals surface area contributed by atoms with E-state index in [-0.39, 0.29) is 10.8 Å². The van der Waals surface area contributed by atoms with Crippen LogP contribution in [0.25, 0.3) is 10.2 Å². The van der Waals surface area contributed by atoms with E-state index in [9.17, 15) is 9.90 Å². The molecule has 4 nitrogen and oxygen atoms in total. The highest BCUT2D eigenvalue weighted by Crippen LogP contribution is 2.26. The first-order valence-electron chi connectivity index (χ1n) is 5.90. The van der Waals surface area contributed by atoms with Gasteiger partial charge in [-0.2, -0.15) is 0 Å². The van der Waals surface area contributed by atoms with Crippen LogP contribution in [0.1, 0.15) is 19.8 Å². The smallest absolute Gasteiger partial charge is 0.184 e. The Morgan fingerprint density at radius 3 is 2.89 bits per heavy atom. The third kappa shape index (κ3) is 3.71. The van der Waals surface area contributed by atoms with Gasteiger partial charge in [0.2, 0.25) is 0 Å². The van der Waals surface area contributed by atoms with Gasteiger partial charge in [-0.1, -0.05) is 23.5 Å². The van der Waals surface area contributed by atoms with Gasteiger partial charge >= 0.3 is 0 Å². The van der Waals surface area contributed by atoms with Gasteiger partial charge in [0.15, 0.2) is 10.2 Å². The molecule has 0 unspecified atom stereocenters. The van der Waals surface area contributed by atoms with Gasteiger partial charge in [-0.15, -0.1) is 0 Å². The summed E-state index contributed by atoms with van der Waals surface area (Å²) in [5, 5.41) is 13.1. The minimum absolute atomic E-state index is 0.0762. The average molecular weight is 294 g/mol. The Morgan fingerprint density at radius 2 is 2.26 bits per heavy atom. The second kappa shape index (κ2) is 6.08. The third-order valence-electron chi connectivity index (χ3n) is 2.67. The van der Waals surface area contributed by atoms with E-state index in [1.807, 2.05) is 24.3 Å². The quantitative estimate of drug-likeness (QED) is 0.800. The van der Waals surface area contributed by atoms with E-state index in [1.165, 1.54) is 18.3 Å². The predicted octanol–water partition coefficient (Wildman–Crippen LogP) is 3.33. The Bertz CT molecular complexity index is 576. The molecule has 0 spiro atoms. The molecular weight excluding hydrogens is 280 g/mol. The highest BCUT2D eigenvalue weighted by Gasteiger charge is 2.16. The number of thiazole rings is 1. The molecular formula is C13H14N2O2S2. The van der Waals surface area contributed by atoms with E-state index in [4.69, 9.17) is 12.2 Å². The van der Waals surface area contributed by atoms with Crippen molar-refractivity contribution in [3.8, 4) is 0 Å². The largest absolute Gasteiger partial charge is 0.500 e. The van der Waals surface area contributed by atoms with E-state index < -0.39 is 6.04 Å². The number of carbonyl (C=O) groups excluding carboxylic acids is 1. The topological polar surface area (TPSA) is 62.2 Å². The van der Waals surface area contributed by atoms with Crippen LogP contribution >= 0.6 is 23.6 Å². The van der Waals surface area contributed by atoms with Crippen LogP contribution in [0.5, 0.6) is 0 Å². The van der Waals surface area contributed by atoms with Gasteiger partial charge in [0.1, 0.15) is 5.78 Å². The van der Waals surface area contributed by atoms with Crippen LogP contribution in [0.2, 0.25) is 0 Å². The van der Waals surface area contributed by atoms with E-state index >= 15 is 0 Å². The fourth-order valence-electron chi connectivity index (χ4n) is 1.69. The first kappa shape index (κ1) is 13.9. The lowest BCUT2D eigenvalue weighted by atomic mass is 10.1. The van der Waals surface area contributed by atoms with Gasteiger partial charge in [-0.25, -0.2) is 4.98 Å². The standard InChI is InChI=1S/C13H14N2O2S2/c1-8(16)6-7-10(12(17)18)15-13-14-9-4-2-3-5-11(9)19-13/h2-5,10H,6-7H2,1H3,(H,14,15)(H,17,18)/t10-/m0/s1. The summed E-state index contributed by atoms with van der Waals surface area (Å²) < 4.78 is 1.07. The minimum atomic E-state index is -0.417. The van der Waals surface area contributed by atoms with Crippen molar-refractivity contribution in [2.75, 3.05) is 5.32 Å². The van der Waals surface area contributed by atoms with E-state index in [0.29, 0.717) is 18.0 Å². The Morgan fingerprint density at radius 1 is 1.53 bits per heavy atom. The maximum absolute atomic E-state index is 11.0. The molecule has 2 aromatic rings. The van der Waals surface area contributed by atoms with E-state index in [0.717, 1.165) is 10.2 Å².